The highest BCUT2D eigenvalue weighted by Crippen LogP contribution is 2.17. The van der Waals surface area contributed by atoms with Crippen LogP contribution in [0.2, 0.25) is 0 Å². The van der Waals surface area contributed by atoms with E-state index in [1.165, 1.54) is 128 Å². The molecular formula is C73H122O6. The number of allylic oxidation sites excluding steroid dienone is 20. The lowest BCUT2D eigenvalue weighted by molar-refractivity contribution is -0.167. The van der Waals surface area contributed by atoms with Crippen LogP contribution in [0.1, 0.15) is 303 Å². The summed E-state index contributed by atoms with van der Waals surface area (Å²) in [7, 11) is 0. The molecule has 0 aliphatic rings. The van der Waals surface area contributed by atoms with Crippen LogP contribution in [0.5, 0.6) is 0 Å². The van der Waals surface area contributed by atoms with Gasteiger partial charge in [-0.25, -0.2) is 0 Å². The SMILES string of the molecule is CC/C=C\C/C=C\C/C=C\C/C=C\C/C=C\C/C=C\C/C=C\CCCCCC(=O)OCC(COC(=O)CCCCC/C=C\C/C=C\C/C=C\CC)OC(=O)CCCCCCCCCCCCCCCCCCCCCCCCC. The number of hydrogen-bond donors (Lipinski definition) is 0. The smallest absolute Gasteiger partial charge is 0.306 e. The monoisotopic (exact) mass is 1090 g/mol. The van der Waals surface area contributed by atoms with E-state index in [0.29, 0.717) is 19.3 Å². The van der Waals surface area contributed by atoms with Gasteiger partial charge >= 0.3 is 17.9 Å². The molecule has 0 aliphatic heterocycles. The predicted octanol–water partition coefficient (Wildman–Crippen LogP) is 22.8. The van der Waals surface area contributed by atoms with Crippen molar-refractivity contribution in [1.82, 2.24) is 0 Å². The van der Waals surface area contributed by atoms with E-state index in [2.05, 4.69) is 142 Å². The highest BCUT2D eigenvalue weighted by Gasteiger charge is 2.19. The van der Waals surface area contributed by atoms with Crippen molar-refractivity contribution in [3.8, 4) is 0 Å². The molecular weight excluding hydrogens is 973 g/mol. The quantitative estimate of drug-likeness (QED) is 0.0261. The van der Waals surface area contributed by atoms with Crippen LogP contribution in [-0.2, 0) is 28.6 Å². The average molecular weight is 1100 g/mol. The van der Waals surface area contributed by atoms with Gasteiger partial charge in [0.1, 0.15) is 13.2 Å². The molecule has 0 spiro atoms. The van der Waals surface area contributed by atoms with Crippen LogP contribution in [0.15, 0.2) is 122 Å². The van der Waals surface area contributed by atoms with Gasteiger partial charge in [-0.1, -0.05) is 296 Å². The highest BCUT2D eigenvalue weighted by atomic mass is 16.6. The van der Waals surface area contributed by atoms with Crippen molar-refractivity contribution in [1.29, 1.82) is 0 Å². The Bertz CT molecular complexity index is 1640. The minimum atomic E-state index is -0.807. The van der Waals surface area contributed by atoms with Crippen LogP contribution in [0, 0.1) is 0 Å². The Morgan fingerprint density at radius 3 is 0.772 bits per heavy atom. The number of hydrogen-bond acceptors (Lipinski definition) is 6. The van der Waals surface area contributed by atoms with Crippen LogP contribution in [0.4, 0.5) is 0 Å². The summed E-state index contributed by atoms with van der Waals surface area (Å²) in [5.41, 5.74) is 0. The molecule has 79 heavy (non-hydrogen) atoms. The maximum atomic E-state index is 12.9. The summed E-state index contributed by atoms with van der Waals surface area (Å²) in [5.74, 6) is -0.956. The molecule has 0 aromatic carbocycles. The molecule has 0 saturated heterocycles. The molecule has 1 unspecified atom stereocenters. The molecule has 0 radical (unpaired) electrons. The van der Waals surface area contributed by atoms with E-state index in [0.717, 1.165) is 135 Å². The first-order chi connectivity index (χ1) is 39.0. The zero-order valence-electron chi connectivity index (χ0n) is 51.6. The molecule has 0 bridgehead atoms. The van der Waals surface area contributed by atoms with Crippen molar-refractivity contribution in [2.75, 3.05) is 13.2 Å². The van der Waals surface area contributed by atoms with Crippen LogP contribution in [0.25, 0.3) is 0 Å². The third-order valence-electron chi connectivity index (χ3n) is 14.0. The van der Waals surface area contributed by atoms with Gasteiger partial charge in [0.25, 0.3) is 0 Å². The standard InChI is InChI=1S/C73H122O6/c1-4-7-10-13-16-19-22-25-27-29-31-33-35-36-38-39-41-43-45-48-51-54-57-60-63-66-72(75)78-69-70(68-77-71(74)65-62-59-56-53-50-47-24-21-18-15-12-9-6-3)79-73(76)67-64-61-58-55-52-49-46-44-42-40-37-34-32-30-28-26-23-20-17-14-11-8-5-2/h7,9-10,12,16,18-19,21,25,27,31,33,36,38,41,43,47-48,50-51,70H,4-6,8,11,13-15,17,20,22-24,26,28-30,32,34-35,37,39-40,42,44-46,49,52-69H2,1-3H3/b10-7-,12-9-,19-16-,21-18-,27-25-,33-31-,38-36-,43-41-,50-47-,51-48-. The van der Waals surface area contributed by atoms with Gasteiger partial charge in [-0.05, 0) is 109 Å². The first kappa shape index (κ1) is 74.8. The van der Waals surface area contributed by atoms with Gasteiger partial charge in [-0.3, -0.25) is 14.4 Å². The summed E-state index contributed by atoms with van der Waals surface area (Å²) in [5, 5.41) is 0. The van der Waals surface area contributed by atoms with E-state index in [-0.39, 0.29) is 31.1 Å². The predicted molar refractivity (Wildman–Crippen MR) is 343 cm³/mol. The van der Waals surface area contributed by atoms with Gasteiger partial charge in [-0.2, -0.15) is 0 Å². The summed E-state index contributed by atoms with van der Waals surface area (Å²) in [6.45, 7) is 6.38. The molecule has 6 heteroatoms. The highest BCUT2D eigenvalue weighted by molar-refractivity contribution is 5.71. The Labute approximate surface area is 488 Å². The largest absolute Gasteiger partial charge is 0.462 e. The molecule has 0 aliphatic carbocycles. The average Bonchev–Trinajstić information content (AvgIpc) is 3.45. The molecule has 0 heterocycles. The van der Waals surface area contributed by atoms with Crippen LogP contribution in [0.3, 0.4) is 0 Å². The van der Waals surface area contributed by atoms with Crippen LogP contribution >= 0.6 is 0 Å². The zero-order valence-corrected chi connectivity index (χ0v) is 51.6. The van der Waals surface area contributed by atoms with E-state index >= 15 is 0 Å². The molecule has 6 nitrogen and oxygen atoms in total. The fourth-order valence-corrected chi connectivity index (χ4v) is 9.09. The Balaban J connectivity index is 4.40. The van der Waals surface area contributed by atoms with Crippen molar-refractivity contribution >= 4 is 17.9 Å². The van der Waals surface area contributed by atoms with Crippen molar-refractivity contribution in [2.24, 2.45) is 0 Å². The fraction of sp³-hybridized carbons (Fsp3) is 0.685. The number of carbonyl (C=O) groups is 3. The number of ether oxygens (including phenoxy) is 3. The lowest BCUT2D eigenvalue weighted by Gasteiger charge is -2.18. The zero-order chi connectivity index (χ0) is 57.1. The molecule has 0 aromatic heterocycles. The lowest BCUT2D eigenvalue weighted by Crippen LogP contribution is -2.30. The van der Waals surface area contributed by atoms with Crippen molar-refractivity contribution in [3.63, 3.8) is 0 Å². The van der Waals surface area contributed by atoms with Gasteiger partial charge in [0.15, 0.2) is 6.10 Å². The second kappa shape index (κ2) is 66.3. The summed E-state index contributed by atoms with van der Waals surface area (Å²) < 4.78 is 16.9. The van der Waals surface area contributed by atoms with E-state index in [1.807, 2.05) is 0 Å². The van der Waals surface area contributed by atoms with Gasteiger partial charge < -0.3 is 14.2 Å². The molecule has 0 fully saturated rings. The molecule has 0 aromatic rings. The summed E-state index contributed by atoms with van der Waals surface area (Å²) in [4.78, 5) is 38.3. The summed E-state index contributed by atoms with van der Waals surface area (Å²) in [6, 6.07) is 0. The first-order valence-corrected chi connectivity index (χ1v) is 33.0. The maximum absolute atomic E-state index is 12.9. The topological polar surface area (TPSA) is 78.9 Å². The number of rotatable bonds is 59. The molecule has 1 atom stereocenters. The first-order valence-electron chi connectivity index (χ1n) is 33.0. The Hall–Kier alpha value is -4.19. The minimum Gasteiger partial charge on any atom is -0.462 e. The molecule has 0 N–H and O–H groups in total. The third-order valence-corrected chi connectivity index (χ3v) is 14.0. The fourth-order valence-electron chi connectivity index (χ4n) is 9.09. The maximum Gasteiger partial charge on any atom is 0.306 e. The lowest BCUT2D eigenvalue weighted by atomic mass is 10.0. The minimum absolute atomic E-state index is 0.105. The second-order valence-electron chi connectivity index (χ2n) is 21.6. The van der Waals surface area contributed by atoms with Crippen LogP contribution < -0.4 is 0 Å². The molecule has 0 amide bonds. The number of esters is 3. The van der Waals surface area contributed by atoms with E-state index in [9.17, 15) is 14.4 Å². The Morgan fingerprint density at radius 1 is 0.266 bits per heavy atom. The third kappa shape index (κ3) is 64.5. The number of carbonyl (C=O) groups excluding carboxylic acids is 3. The molecule has 0 saturated carbocycles. The van der Waals surface area contributed by atoms with Gasteiger partial charge in [0.05, 0.1) is 0 Å². The summed E-state index contributed by atoms with van der Waals surface area (Å²) in [6.07, 6.45) is 92.2. The second-order valence-corrected chi connectivity index (χ2v) is 21.6. The molecule has 0 rings (SSSR count). The summed E-state index contributed by atoms with van der Waals surface area (Å²) >= 11 is 0. The van der Waals surface area contributed by atoms with Crippen molar-refractivity contribution in [3.05, 3.63) is 122 Å². The van der Waals surface area contributed by atoms with Gasteiger partial charge in [-0.15, -0.1) is 0 Å². The van der Waals surface area contributed by atoms with Gasteiger partial charge in [0, 0.05) is 19.3 Å². The van der Waals surface area contributed by atoms with E-state index in [1.54, 1.807) is 0 Å². The molecule has 450 valence electrons. The normalized spacial score (nSPS) is 12.9. The Morgan fingerprint density at radius 2 is 0.494 bits per heavy atom. The Kier molecular flexibility index (Phi) is 62.8. The van der Waals surface area contributed by atoms with Crippen molar-refractivity contribution < 1.29 is 28.6 Å². The van der Waals surface area contributed by atoms with E-state index in [4.69, 9.17) is 14.2 Å². The van der Waals surface area contributed by atoms with Crippen molar-refractivity contribution in [2.45, 2.75) is 309 Å². The van der Waals surface area contributed by atoms with Gasteiger partial charge in [0.2, 0.25) is 0 Å². The van der Waals surface area contributed by atoms with E-state index < -0.39 is 6.10 Å². The van der Waals surface area contributed by atoms with Crippen LogP contribution in [-0.4, -0.2) is 37.2 Å². The number of unbranched alkanes of at least 4 members (excludes halogenated alkanes) is 28.